The van der Waals surface area contributed by atoms with Gasteiger partial charge in [-0.05, 0) is 31.2 Å². The van der Waals surface area contributed by atoms with Crippen LogP contribution in [0.1, 0.15) is 11.3 Å². The second kappa shape index (κ2) is 6.60. The first kappa shape index (κ1) is 16.4. The van der Waals surface area contributed by atoms with E-state index in [4.69, 9.17) is 35.4 Å². The monoisotopic (exact) mass is 384 g/mol. The number of aromatic nitrogens is 2. The predicted octanol–water partition coefficient (Wildman–Crippen LogP) is 3.68. The summed E-state index contributed by atoms with van der Waals surface area (Å²) in [6.45, 7) is 1.82. The summed E-state index contributed by atoms with van der Waals surface area (Å²) in [7, 11) is 0. The minimum atomic E-state index is -0.143. The zero-order valence-electron chi connectivity index (χ0n) is 11.9. The van der Waals surface area contributed by atoms with Crippen LogP contribution in [0.4, 0.5) is 0 Å². The number of carbonyl (C=O) groups excluding carboxylic acids is 1. The Morgan fingerprint density at radius 1 is 1.35 bits per heavy atom. The minimum Gasteiger partial charge on any atom is -0.272 e. The maximum atomic E-state index is 11.7. The van der Waals surface area contributed by atoms with Crippen molar-refractivity contribution in [2.24, 2.45) is 5.10 Å². The van der Waals surface area contributed by atoms with Crippen molar-refractivity contribution < 1.29 is 4.79 Å². The Bertz CT molecular complexity index is 801. The molecule has 0 bridgehead atoms. The highest BCUT2D eigenvalue weighted by Gasteiger charge is 2.26. The molecule has 23 heavy (non-hydrogen) atoms. The van der Waals surface area contributed by atoms with E-state index >= 15 is 0 Å². The molecule has 3 rings (SSSR count). The molecule has 0 radical (unpaired) electrons. The van der Waals surface area contributed by atoms with Crippen LogP contribution in [0, 0.1) is 6.92 Å². The maximum Gasteiger partial charge on any atom is 0.259 e. The molecule has 0 spiro atoms. The average Bonchev–Trinajstić information content (AvgIpc) is 2.99. The second-order valence-electron chi connectivity index (χ2n) is 4.68. The number of hydrogen-bond donors (Lipinski definition) is 0. The average molecular weight is 385 g/mol. The third-order valence-corrected chi connectivity index (χ3v) is 5.10. The number of hydrazone groups is 1. The van der Waals surface area contributed by atoms with Crippen LogP contribution in [0.15, 0.2) is 29.4 Å². The van der Waals surface area contributed by atoms with Crippen LogP contribution in [-0.2, 0) is 4.79 Å². The Morgan fingerprint density at radius 2 is 2.04 bits per heavy atom. The molecule has 0 unspecified atom stereocenters. The largest absolute Gasteiger partial charge is 0.272 e. The van der Waals surface area contributed by atoms with Gasteiger partial charge in [-0.25, -0.2) is 4.68 Å². The highest BCUT2D eigenvalue weighted by molar-refractivity contribution is 8.23. The summed E-state index contributed by atoms with van der Waals surface area (Å²) in [6.07, 6.45) is 1.51. The molecule has 2 aromatic rings. The van der Waals surface area contributed by atoms with E-state index in [1.807, 2.05) is 19.1 Å². The van der Waals surface area contributed by atoms with Crippen molar-refractivity contribution >= 4 is 63.6 Å². The van der Waals surface area contributed by atoms with Crippen molar-refractivity contribution in [3.8, 4) is 5.69 Å². The molecule has 1 aliphatic rings. The van der Waals surface area contributed by atoms with E-state index in [0.29, 0.717) is 31.5 Å². The van der Waals surface area contributed by atoms with Crippen molar-refractivity contribution in [1.82, 2.24) is 14.8 Å². The highest BCUT2D eigenvalue weighted by Crippen LogP contribution is 2.24. The topological polar surface area (TPSA) is 50.5 Å². The van der Waals surface area contributed by atoms with Crippen LogP contribution in [0.2, 0.25) is 10.2 Å². The molecule has 1 aromatic carbocycles. The third kappa shape index (κ3) is 3.28. The van der Waals surface area contributed by atoms with E-state index in [9.17, 15) is 4.79 Å². The summed E-state index contributed by atoms with van der Waals surface area (Å²) in [4.78, 5) is 11.7. The smallest absolute Gasteiger partial charge is 0.259 e. The molecule has 1 fully saturated rings. The number of halogens is 2. The van der Waals surface area contributed by atoms with E-state index in [0.717, 1.165) is 5.69 Å². The lowest BCUT2D eigenvalue weighted by Gasteiger charge is -2.06. The molecule has 9 heteroatoms. The van der Waals surface area contributed by atoms with Gasteiger partial charge in [-0.1, -0.05) is 47.2 Å². The fourth-order valence-electron chi connectivity index (χ4n) is 1.99. The van der Waals surface area contributed by atoms with Gasteiger partial charge < -0.3 is 0 Å². The number of carbonyl (C=O) groups is 1. The van der Waals surface area contributed by atoms with Crippen molar-refractivity contribution in [2.45, 2.75) is 6.92 Å². The molecule has 2 heterocycles. The Hall–Kier alpha value is -1.41. The van der Waals surface area contributed by atoms with Gasteiger partial charge in [-0.3, -0.25) is 4.79 Å². The van der Waals surface area contributed by atoms with Crippen LogP contribution in [0.25, 0.3) is 5.69 Å². The summed E-state index contributed by atoms with van der Waals surface area (Å²) in [5, 5.41) is 10.8. The highest BCUT2D eigenvalue weighted by atomic mass is 35.5. The molecule has 5 nitrogen and oxygen atoms in total. The van der Waals surface area contributed by atoms with Gasteiger partial charge in [0.2, 0.25) is 0 Å². The molecule has 0 aliphatic carbocycles. The number of amides is 1. The van der Waals surface area contributed by atoms with Crippen LogP contribution >= 0.6 is 47.2 Å². The Kier molecular flexibility index (Phi) is 4.72. The van der Waals surface area contributed by atoms with Crippen LogP contribution < -0.4 is 0 Å². The van der Waals surface area contributed by atoms with E-state index < -0.39 is 0 Å². The van der Waals surface area contributed by atoms with Crippen LogP contribution in [0.3, 0.4) is 0 Å². The summed E-state index contributed by atoms with van der Waals surface area (Å²) in [5.41, 5.74) is 2.11. The fourth-order valence-corrected chi connectivity index (χ4v) is 3.40. The molecule has 0 atom stereocenters. The summed E-state index contributed by atoms with van der Waals surface area (Å²) in [6, 6.07) is 7.15. The van der Waals surface area contributed by atoms with Crippen molar-refractivity contribution in [3.05, 3.63) is 45.7 Å². The zero-order chi connectivity index (χ0) is 16.6. The number of thiocarbonyl (C=S) groups is 1. The van der Waals surface area contributed by atoms with E-state index in [1.54, 1.807) is 16.8 Å². The molecule has 0 saturated carbocycles. The van der Waals surface area contributed by atoms with E-state index in [-0.39, 0.29) is 5.91 Å². The first-order valence-corrected chi connectivity index (χ1v) is 8.67. The second-order valence-corrected chi connectivity index (χ2v) is 7.09. The quantitative estimate of drug-likeness (QED) is 0.598. The molecular weight excluding hydrogens is 375 g/mol. The standard InChI is InChI=1S/C14H10Cl2N4OS2/c1-8-11(6-17-20-12(21)7-23-14(20)22)13(16)19(18-8)10-4-2-9(15)3-5-10/h2-6H,7H2,1H3. The van der Waals surface area contributed by atoms with Gasteiger partial charge in [0, 0.05) is 5.02 Å². The number of benzene rings is 1. The molecular formula is C14H10Cl2N4OS2. The Balaban J connectivity index is 1.93. The SMILES string of the molecule is Cc1nn(-c2ccc(Cl)cc2)c(Cl)c1C=NN1C(=O)CSC1=S. The number of thioether (sulfide) groups is 1. The minimum absolute atomic E-state index is 0.143. The summed E-state index contributed by atoms with van der Waals surface area (Å²) in [5.74, 6) is 0.169. The fraction of sp³-hybridized carbons (Fsp3) is 0.143. The van der Waals surface area contributed by atoms with Gasteiger partial charge in [-0.2, -0.15) is 15.2 Å². The zero-order valence-corrected chi connectivity index (χ0v) is 15.0. The maximum absolute atomic E-state index is 11.7. The molecule has 1 saturated heterocycles. The molecule has 0 N–H and O–H groups in total. The summed E-state index contributed by atoms with van der Waals surface area (Å²) >= 11 is 18.7. The first-order valence-electron chi connectivity index (χ1n) is 6.52. The lowest BCUT2D eigenvalue weighted by atomic mass is 10.3. The van der Waals surface area contributed by atoms with E-state index in [2.05, 4.69) is 10.2 Å². The van der Waals surface area contributed by atoms with Gasteiger partial charge in [-0.15, -0.1) is 0 Å². The predicted molar refractivity (Wildman–Crippen MR) is 97.8 cm³/mol. The van der Waals surface area contributed by atoms with Crippen LogP contribution in [0.5, 0.6) is 0 Å². The first-order chi connectivity index (χ1) is 11.0. The number of nitrogens with zero attached hydrogens (tertiary/aromatic N) is 4. The van der Waals surface area contributed by atoms with Crippen molar-refractivity contribution in [2.75, 3.05) is 5.75 Å². The van der Waals surface area contributed by atoms with Gasteiger partial charge in [0.1, 0.15) is 5.15 Å². The van der Waals surface area contributed by atoms with Gasteiger partial charge in [0.25, 0.3) is 5.91 Å². The van der Waals surface area contributed by atoms with E-state index in [1.165, 1.54) is 23.0 Å². The molecule has 1 aromatic heterocycles. The normalized spacial score (nSPS) is 15.2. The van der Waals surface area contributed by atoms with Crippen molar-refractivity contribution in [3.63, 3.8) is 0 Å². The lowest BCUT2D eigenvalue weighted by Crippen LogP contribution is -2.22. The molecule has 1 aliphatic heterocycles. The molecule has 1 amide bonds. The summed E-state index contributed by atoms with van der Waals surface area (Å²) < 4.78 is 2.03. The van der Waals surface area contributed by atoms with Gasteiger partial charge in [0.05, 0.1) is 28.9 Å². The van der Waals surface area contributed by atoms with Crippen molar-refractivity contribution in [1.29, 1.82) is 0 Å². The number of aryl methyl sites for hydroxylation is 1. The number of hydrogen-bond acceptors (Lipinski definition) is 5. The Morgan fingerprint density at radius 3 is 2.65 bits per heavy atom. The lowest BCUT2D eigenvalue weighted by molar-refractivity contribution is -0.123. The van der Waals surface area contributed by atoms with Gasteiger partial charge >= 0.3 is 0 Å². The molecule has 118 valence electrons. The number of rotatable bonds is 3. The van der Waals surface area contributed by atoms with Gasteiger partial charge in [0.15, 0.2) is 4.32 Å². The Labute approximate surface area is 152 Å². The van der Waals surface area contributed by atoms with Crippen LogP contribution in [-0.4, -0.2) is 37.0 Å². The third-order valence-electron chi connectivity index (χ3n) is 3.15.